The summed E-state index contributed by atoms with van der Waals surface area (Å²) in [4.78, 5) is 12.8. The van der Waals surface area contributed by atoms with Gasteiger partial charge >= 0.3 is 6.18 Å². The van der Waals surface area contributed by atoms with Gasteiger partial charge in [0.2, 0.25) is 0 Å². The summed E-state index contributed by atoms with van der Waals surface area (Å²) in [5.74, 6) is -1.30. The predicted molar refractivity (Wildman–Crippen MR) is 108 cm³/mol. The standard InChI is InChI=1S/C20H15Cl2F4N3O2/c1-11-17(18(22)29(28-11)9-12-2-5-14(23)6-3-12)19(30)27-15-8-13(21)4-7-16(15)31-10-20(24,25)26/h2-8H,9-10H2,1H3,(H,27,30). The van der Waals surface area contributed by atoms with Gasteiger partial charge in [-0.2, -0.15) is 18.3 Å². The summed E-state index contributed by atoms with van der Waals surface area (Å²) in [5, 5.41) is 6.89. The van der Waals surface area contributed by atoms with Crippen molar-refractivity contribution in [3.05, 3.63) is 75.3 Å². The third-order valence-corrected chi connectivity index (χ3v) is 4.74. The Morgan fingerprint density at radius 2 is 1.84 bits per heavy atom. The van der Waals surface area contributed by atoms with Crippen molar-refractivity contribution in [3.8, 4) is 5.75 Å². The molecule has 0 aliphatic rings. The van der Waals surface area contributed by atoms with Crippen LogP contribution < -0.4 is 10.1 Å². The number of rotatable bonds is 6. The molecule has 0 radical (unpaired) electrons. The molecule has 1 aromatic heterocycles. The van der Waals surface area contributed by atoms with Gasteiger partial charge in [0.05, 0.1) is 23.5 Å². The fourth-order valence-corrected chi connectivity index (χ4v) is 3.24. The molecule has 2 aromatic carbocycles. The summed E-state index contributed by atoms with van der Waals surface area (Å²) in [6, 6.07) is 9.50. The van der Waals surface area contributed by atoms with Crippen molar-refractivity contribution >= 4 is 34.8 Å². The van der Waals surface area contributed by atoms with Crippen molar-refractivity contribution in [2.24, 2.45) is 0 Å². The smallest absolute Gasteiger partial charge is 0.422 e. The summed E-state index contributed by atoms with van der Waals surface area (Å²) >= 11 is 12.2. The molecule has 0 saturated heterocycles. The first-order valence-corrected chi connectivity index (χ1v) is 9.57. The number of anilines is 1. The molecule has 0 unspecified atom stereocenters. The van der Waals surface area contributed by atoms with E-state index < -0.39 is 24.5 Å². The molecule has 164 valence electrons. The maximum absolute atomic E-state index is 13.1. The highest BCUT2D eigenvalue weighted by Crippen LogP contribution is 2.31. The number of nitrogens with zero attached hydrogens (tertiary/aromatic N) is 2. The minimum Gasteiger partial charge on any atom is -0.482 e. The minimum absolute atomic E-state index is 0.0131. The maximum Gasteiger partial charge on any atom is 0.422 e. The summed E-state index contributed by atoms with van der Waals surface area (Å²) in [6.45, 7) is 0.207. The van der Waals surface area contributed by atoms with Crippen molar-refractivity contribution in [1.29, 1.82) is 0 Å². The first-order valence-electron chi connectivity index (χ1n) is 8.81. The second-order valence-corrected chi connectivity index (χ2v) is 7.33. The van der Waals surface area contributed by atoms with E-state index in [4.69, 9.17) is 27.9 Å². The zero-order valence-electron chi connectivity index (χ0n) is 15.9. The average molecular weight is 476 g/mol. The number of aryl methyl sites for hydroxylation is 1. The monoisotopic (exact) mass is 475 g/mol. The molecule has 0 saturated carbocycles. The fraction of sp³-hybridized carbons (Fsp3) is 0.200. The number of carbonyl (C=O) groups excluding carboxylic acids is 1. The van der Waals surface area contributed by atoms with E-state index in [-0.39, 0.29) is 33.7 Å². The zero-order valence-corrected chi connectivity index (χ0v) is 17.4. The van der Waals surface area contributed by atoms with E-state index in [1.54, 1.807) is 19.1 Å². The number of aromatic nitrogens is 2. The first-order chi connectivity index (χ1) is 14.5. The van der Waals surface area contributed by atoms with Gasteiger partial charge in [-0.05, 0) is 42.8 Å². The molecule has 1 heterocycles. The lowest BCUT2D eigenvalue weighted by atomic mass is 10.2. The van der Waals surface area contributed by atoms with Crippen LogP contribution in [-0.2, 0) is 6.54 Å². The number of carbonyl (C=O) groups is 1. The Hall–Kier alpha value is -2.78. The molecule has 1 amide bonds. The van der Waals surface area contributed by atoms with E-state index in [2.05, 4.69) is 10.4 Å². The molecule has 0 spiro atoms. The van der Waals surface area contributed by atoms with E-state index in [1.165, 1.54) is 35.0 Å². The topological polar surface area (TPSA) is 56.2 Å². The first kappa shape index (κ1) is 22.9. The molecular formula is C20H15Cl2F4N3O2. The molecule has 3 rings (SSSR count). The molecule has 11 heteroatoms. The van der Waals surface area contributed by atoms with Crippen molar-refractivity contribution < 1.29 is 27.1 Å². The SMILES string of the molecule is Cc1nn(Cc2ccc(F)cc2)c(Cl)c1C(=O)Nc1cc(Cl)ccc1OCC(F)(F)F. The van der Waals surface area contributed by atoms with E-state index in [0.717, 1.165) is 0 Å². The van der Waals surface area contributed by atoms with Gasteiger partial charge in [0.1, 0.15) is 16.7 Å². The van der Waals surface area contributed by atoms with Crippen LogP contribution in [0.5, 0.6) is 5.75 Å². The Morgan fingerprint density at radius 1 is 1.16 bits per heavy atom. The van der Waals surface area contributed by atoms with Gasteiger partial charge in [-0.1, -0.05) is 35.3 Å². The minimum atomic E-state index is -4.55. The summed E-state index contributed by atoms with van der Waals surface area (Å²) < 4.78 is 56.7. The van der Waals surface area contributed by atoms with Crippen LogP contribution in [0.2, 0.25) is 10.2 Å². The molecule has 0 fully saturated rings. The number of halogens is 6. The molecule has 3 aromatic rings. The summed E-state index contributed by atoms with van der Waals surface area (Å²) in [5.41, 5.74) is 0.980. The lowest BCUT2D eigenvalue weighted by Gasteiger charge is -2.14. The van der Waals surface area contributed by atoms with Gasteiger partial charge in [0, 0.05) is 5.02 Å². The van der Waals surface area contributed by atoms with Crippen LogP contribution >= 0.6 is 23.2 Å². The number of benzene rings is 2. The summed E-state index contributed by atoms with van der Waals surface area (Å²) in [6.07, 6.45) is -4.55. The van der Waals surface area contributed by atoms with Crippen molar-refractivity contribution in [2.75, 3.05) is 11.9 Å². The molecule has 5 nitrogen and oxygen atoms in total. The van der Waals surface area contributed by atoms with Gasteiger partial charge in [0.15, 0.2) is 6.61 Å². The highest BCUT2D eigenvalue weighted by Gasteiger charge is 2.29. The molecule has 0 atom stereocenters. The third-order valence-electron chi connectivity index (χ3n) is 4.12. The quantitative estimate of drug-likeness (QED) is 0.453. The van der Waals surface area contributed by atoms with Gasteiger partial charge in [-0.3, -0.25) is 4.79 Å². The van der Waals surface area contributed by atoms with E-state index in [0.29, 0.717) is 11.3 Å². The fourth-order valence-electron chi connectivity index (χ4n) is 2.75. The van der Waals surface area contributed by atoms with Crippen molar-refractivity contribution in [3.63, 3.8) is 0 Å². The molecule has 0 aliphatic carbocycles. The van der Waals surface area contributed by atoms with Gasteiger partial charge in [-0.15, -0.1) is 0 Å². The van der Waals surface area contributed by atoms with Crippen LogP contribution in [0.1, 0.15) is 21.6 Å². The van der Waals surface area contributed by atoms with Crippen LogP contribution in [0.3, 0.4) is 0 Å². The highest BCUT2D eigenvalue weighted by molar-refractivity contribution is 6.34. The maximum atomic E-state index is 13.1. The highest BCUT2D eigenvalue weighted by atomic mass is 35.5. The average Bonchev–Trinajstić information content (AvgIpc) is 2.95. The van der Waals surface area contributed by atoms with E-state index in [1.807, 2.05) is 0 Å². The number of ether oxygens (including phenoxy) is 1. The lowest BCUT2D eigenvalue weighted by molar-refractivity contribution is -0.153. The normalized spacial score (nSPS) is 11.5. The molecule has 0 aliphatic heterocycles. The largest absolute Gasteiger partial charge is 0.482 e. The van der Waals surface area contributed by atoms with Gasteiger partial charge in [0.25, 0.3) is 5.91 Å². The number of hydrogen-bond acceptors (Lipinski definition) is 3. The second kappa shape index (κ2) is 9.15. The molecule has 31 heavy (non-hydrogen) atoms. The molecule has 1 N–H and O–H groups in total. The van der Waals surface area contributed by atoms with Crippen LogP contribution in [-0.4, -0.2) is 28.5 Å². The lowest BCUT2D eigenvalue weighted by Crippen LogP contribution is -2.20. The van der Waals surface area contributed by atoms with Gasteiger partial charge < -0.3 is 10.1 Å². The Balaban J connectivity index is 1.83. The predicted octanol–water partition coefficient (Wildman–Crippen LogP) is 5.88. The third kappa shape index (κ3) is 5.89. The number of amides is 1. The Morgan fingerprint density at radius 3 is 2.48 bits per heavy atom. The Bertz CT molecular complexity index is 1100. The van der Waals surface area contributed by atoms with Crippen LogP contribution in [0, 0.1) is 12.7 Å². The second-order valence-electron chi connectivity index (χ2n) is 6.53. The Kier molecular flexibility index (Phi) is 6.76. The van der Waals surface area contributed by atoms with Crippen LogP contribution in [0.4, 0.5) is 23.2 Å². The van der Waals surface area contributed by atoms with Crippen molar-refractivity contribution in [1.82, 2.24) is 9.78 Å². The molecular weight excluding hydrogens is 461 g/mol. The zero-order chi connectivity index (χ0) is 22.8. The van der Waals surface area contributed by atoms with Crippen LogP contribution in [0.25, 0.3) is 0 Å². The van der Waals surface area contributed by atoms with Gasteiger partial charge in [-0.25, -0.2) is 9.07 Å². The summed E-state index contributed by atoms with van der Waals surface area (Å²) in [7, 11) is 0. The Labute approximate surface area is 184 Å². The van der Waals surface area contributed by atoms with Crippen molar-refractivity contribution in [2.45, 2.75) is 19.6 Å². The van der Waals surface area contributed by atoms with E-state index in [9.17, 15) is 22.4 Å². The number of nitrogens with one attached hydrogen (secondary N) is 1. The number of alkyl halides is 3. The van der Waals surface area contributed by atoms with E-state index >= 15 is 0 Å². The number of hydrogen-bond donors (Lipinski definition) is 1. The van der Waals surface area contributed by atoms with Crippen LogP contribution in [0.15, 0.2) is 42.5 Å². The molecule has 0 bridgehead atoms.